The summed E-state index contributed by atoms with van der Waals surface area (Å²) in [5.74, 6) is -5.04. The fourth-order valence-corrected chi connectivity index (χ4v) is 7.78. The van der Waals surface area contributed by atoms with Crippen LogP contribution in [-0.4, -0.2) is 98.4 Å². The van der Waals surface area contributed by atoms with Gasteiger partial charge in [0.2, 0.25) is 11.8 Å². The van der Waals surface area contributed by atoms with Gasteiger partial charge in [0, 0.05) is 47.5 Å². The van der Waals surface area contributed by atoms with E-state index < -0.39 is 54.4 Å². The molecule has 1 heterocycles. The van der Waals surface area contributed by atoms with Crippen LogP contribution < -0.4 is 16.4 Å². The molecule has 1 saturated carbocycles. The molecule has 2 aliphatic rings. The molecular formula is C28H35ClN4O9S2. The van der Waals surface area contributed by atoms with Crippen molar-refractivity contribution in [1.29, 1.82) is 0 Å². The molecule has 44 heavy (non-hydrogen) atoms. The van der Waals surface area contributed by atoms with E-state index in [-0.39, 0.29) is 42.1 Å². The van der Waals surface area contributed by atoms with Gasteiger partial charge < -0.3 is 31.7 Å². The first-order chi connectivity index (χ1) is 20.9. The van der Waals surface area contributed by atoms with E-state index in [9.17, 15) is 33.9 Å². The number of hydrogen-bond donors (Lipinski definition) is 6. The summed E-state index contributed by atoms with van der Waals surface area (Å²) >= 11 is 6.48. The molecule has 13 nitrogen and oxygen atoms in total. The molecule has 1 aromatic carbocycles. The summed E-state index contributed by atoms with van der Waals surface area (Å²) < 4.78 is 0. The van der Waals surface area contributed by atoms with Crippen LogP contribution in [0, 0.1) is 5.92 Å². The third-order valence-electron chi connectivity index (χ3n) is 7.08. The van der Waals surface area contributed by atoms with E-state index >= 15 is 0 Å². The molecule has 1 aromatic rings. The highest BCUT2D eigenvalue weighted by atomic mass is 35.5. The third kappa shape index (κ3) is 10.8. The minimum atomic E-state index is -1.27. The van der Waals surface area contributed by atoms with Gasteiger partial charge in [-0.1, -0.05) is 51.4 Å². The van der Waals surface area contributed by atoms with E-state index in [1.54, 1.807) is 12.1 Å². The summed E-state index contributed by atoms with van der Waals surface area (Å²) in [6.07, 6.45) is 2.82. The molecule has 7 N–H and O–H groups in total. The maximum absolute atomic E-state index is 13.4. The van der Waals surface area contributed by atoms with Crippen LogP contribution in [0.2, 0.25) is 5.02 Å². The van der Waals surface area contributed by atoms with E-state index in [0.29, 0.717) is 29.1 Å². The molecule has 0 aromatic heterocycles. The fraction of sp³-hybridized carbons (Fsp3) is 0.500. The standard InChI is InChI=1S/C28H35ClN4O9S2/c29-18-4-2-1-3-17(18)25(26(39)15-5-6-15)33-10-9-21(16(13-33)11-23(35)36)44-43-14-20(27(40)31-12-24(37)38)32-22(34)8-7-19(30)28(41)42/h1-4,11,15,19-21,25H,5-10,12-14,30H2,(H,31,40)(H,32,34)(H,35,36)(H,37,38)(H,41,42)/b16-11-. The molecule has 4 atom stereocenters. The molecule has 0 spiro atoms. The number of nitrogens with zero attached hydrogens (tertiary/aromatic N) is 1. The summed E-state index contributed by atoms with van der Waals surface area (Å²) in [6.45, 7) is 0.0254. The smallest absolute Gasteiger partial charge is 0.328 e. The maximum atomic E-state index is 13.4. The van der Waals surface area contributed by atoms with Gasteiger partial charge in [-0.15, -0.1) is 0 Å². The second-order valence-electron chi connectivity index (χ2n) is 10.5. The predicted octanol–water partition coefficient (Wildman–Crippen LogP) is 1.70. The molecule has 3 rings (SSSR count). The van der Waals surface area contributed by atoms with Crippen LogP contribution in [0.3, 0.4) is 0 Å². The zero-order chi connectivity index (χ0) is 32.4. The van der Waals surface area contributed by atoms with Crippen molar-refractivity contribution in [1.82, 2.24) is 15.5 Å². The second-order valence-corrected chi connectivity index (χ2v) is 13.5. The lowest BCUT2D eigenvalue weighted by Gasteiger charge is -2.38. The lowest BCUT2D eigenvalue weighted by Crippen LogP contribution is -2.49. The number of carboxylic acid groups (broad SMARTS) is 3. The van der Waals surface area contributed by atoms with Crippen LogP contribution in [0.15, 0.2) is 35.9 Å². The minimum absolute atomic E-state index is 0.00975. The number of hydrogen-bond acceptors (Lipinski definition) is 10. The Labute approximate surface area is 266 Å². The summed E-state index contributed by atoms with van der Waals surface area (Å²) in [6, 6.07) is 4.11. The minimum Gasteiger partial charge on any atom is -0.480 e. The fourth-order valence-electron chi connectivity index (χ4n) is 4.66. The van der Waals surface area contributed by atoms with E-state index in [2.05, 4.69) is 10.6 Å². The number of carbonyl (C=O) groups is 6. The first kappa shape index (κ1) is 35.4. The van der Waals surface area contributed by atoms with Crippen molar-refractivity contribution in [2.45, 2.75) is 55.5 Å². The predicted molar refractivity (Wildman–Crippen MR) is 165 cm³/mol. The van der Waals surface area contributed by atoms with Crippen LogP contribution in [0.25, 0.3) is 0 Å². The Morgan fingerprint density at radius 1 is 1.09 bits per heavy atom. The number of carboxylic acids is 3. The Kier molecular flexibility index (Phi) is 13.5. The molecule has 2 amide bonds. The number of ketones is 1. The number of amides is 2. The van der Waals surface area contributed by atoms with Gasteiger partial charge in [0.1, 0.15) is 18.6 Å². The Bertz CT molecular complexity index is 1290. The number of nitrogens with two attached hydrogens (primary N) is 1. The molecule has 0 radical (unpaired) electrons. The lowest BCUT2D eigenvalue weighted by atomic mass is 9.94. The zero-order valence-electron chi connectivity index (χ0n) is 23.6. The summed E-state index contributed by atoms with van der Waals surface area (Å²) in [7, 11) is 2.51. The number of aliphatic carboxylic acids is 3. The third-order valence-corrected chi connectivity index (χ3v) is 10.3. The van der Waals surface area contributed by atoms with Crippen molar-refractivity contribution in [2.24, 2.45) is 11.7 Å². The lowest BCUT2D eigenvalue weighted by molar-refractivity contribution is -0.139. The average molecular weight is 671 g/mol. The van der Waals surface area contributed by atoms with Gasteiger partial charge in [0.15, 0.2) is 5.78 Å². The molecule has 240 valence electrons. The first-order valence-electron chi connectivity index (χ1n) is 13.9. The van der Waals surface area contributed by atoms with Crippen LogP contribution in [-0.2, 0) is 28.8 Å². The van der Waals surface area contributed by atoms with Crippen molar-refractivity contribution >= 4 is 68.7 Å². The topological polar surface area (TPSA) is 216 Å². The van der Waals surface area contributed by atoms with Gasteiger partial charge in [0.25, 0.3) is 0 Å². The van der Waals surface area contributed by atoms with E-state index in [4.69, 9.17) is 27.5 Å². The van der Waals surface area contributed by atoms with Crippen LogP contribution in [0.4, 0.5) is 0 Å². The average Bonchev–Trinajstić information content (AvgIpc) is 3.81. The number of Topliss-reactive ketones (excluding diaryl/α,β-unsaturated/α-hetero) is 1. The molecule has 1 saturated heterocycles. The second kappa shape index (κ2) is 16.8. The maximum Gasteiger partial charge on any atom is 0.328 e. The van der Waals surface area contributed by atoms with Crippen LogP contribution in [0.1, 0.15) is 43.7 Å². The van der Waals surface area contributed by atoms with Gasteiger partial charge in [-0.05, 0) is 42.9 Å². The SMILES string of the molecule is NC(CCC(=O)NC(CSSC1CCN(C(C(=O)C2CC2)c2ccccc2Cl)C/C1=C/C(=O)O)C(=O)NCC(=O)O)C(=O)O. The van der Waals surface area contributed by atoms with Crippen molar-refractivity contribution in [2.75, 3.05) is 25.4 Å². The summed E-state index contributed by atoms with van der Waals surface area (Å²) in [5, 5.41) is 32.3. The number of rotatable bonds is 17. The summed E-state index contributed by atoms with van der Waals surface area (Å²) in [5.41, 5.74) is 6.69. The highest BCUT2D eigenvalue weighted by Gasteiger charge is 2.41. The van der Waals surface area contributed by atoms with Crippen molar-refractivity contribution in [3.8, 4) is 0 Å². The number of likely N-dealkylation sites (tertiary alicyclic amines) is 1. The molecule has 0 bridgehead atoms. The van der Waals surface area contributed by atoms with E-state index in [0.717, 1.165) is 18.9 Å². The van der Waals surface area contributed by atoms with Gasteiger partial charge in [0.05, 0.1) is 6.04 Å². The number of benzene rings is 1. The first-order valence-corrected chi connectivity index (χ1v) is 16.6. The van der Waals surface area contributed by atoms with Gasteiger partial charge in [-0.25, -0.2) is 4.79 Å². The highest BCUT2D eigenvalue weighted by molar-refractivity contribution is 8.77. The molecule has 4 unspecified atom stereocenters. The van der Waals surface area contributed by atoms with E-state index in [1.807, 2.05) is 17.0 Å². The van der Waals surface area contributed by atoms with Crippen LogP contribution in [0.5, 0.6) is 0 Å². The number of halogens is 1. The Balaban J connectivity index is 1.68. The molecule has 16 heteroatoms. The quantitative estimate of drug-likeness (QED) is 0.103. The Morgan fingerprint density at radius 3 is 2.41 bits per heavy atom. The normalized spacial score (nSPS) is 19.9. The van der Waals surface area contributed by atoms with Crippen molar-refractivity contribution in [3.63, 3.8) is 0 Å². The highest BCUT2D eigenvalue weighted by Crippen LogP contribution is 2.43. The van der Waals surface area contributed by atoms with Gasteiger partial charge >= 0.3 is 17.9 Å². The van der Waals surface area contributed by atoms with Gasteiger partial charge in [-0.3, -0.25) is 28.9 Å². The monoisotopic (exact) mass is 670 g/mol. The van der Waals surface area contributed by atoms with E-state index in [1.165, 1.54) is 21.6 Å². The number of piperidine rings is 1. The molecule has 1 aliphatic heterocycles. The zero-order valence-corrected chi connectivity index (χ0v) is 26.0. The number of carbonyl (C=O) groups excluding carboxylic acids is 3. The largest absolute Gasteiger partial charge is 0.480 e. The Hall–Kier alpha value is -3.11. The summed E-state index contributed by atoms with van der Waals surface area (Å²) in [4.78, 5) is 74.0. The Morgan fingerprint density at radius 2 is 1.80 bits per heavy atom. The van der Waals surface area contributed by atoms with Crippen molar-refractivity contribution in [3.05, 3.63) is 46.5 Å². The van der Waals surface area contributed by atoms with Crippen molar-refractivity contribution < 1.29 is 44.1 Å². The molecular weight excluding hydrogens is 636 g/mol. The molecule has 1 aliphatic carbocycles. The van der Waals surface area contributed by atoms with Crippen LogP contribution >= 0.6 is 33.2 Å². The number of nitrogens with one attached hydrogen (secondary N) is 2. The van der Waals surface area contributed by atoms with Gasteiger partial charge in [-0.2, -0.15) is 0 Å². The molecule has 2 fully saturated rings.